The molecule has 106 valence electrons. The lowest BCUT2D eigenvalue weighted by Gasteiger charge is -2.30. The van der Waals surface area contributed by atoms with Gasteiger partial charge in [0.1, 0.15) is 11.6 Å². The fourth-order valence-electron chi connectivity index (χ4n) is 2.79. The average Bonchev–Trinajstić information content (AvgIpc) is 2.91. The van der Waals surface area contributed by atoms with Crippen LogP contribution in [-0.2, 0) is 0 Å². The van der Waals surface area contributed by atoms with E-state index in [1.807, 2.05) is 6.92 Å². The molecular weight excluding hydrogens is 246 g/mol. The Morgan fingerprint density at radius 1 is 1.42 bits per heavy atom. The van der Waals surface area contributed by atoms with Gasteiger partial charge in [-0.3, -0.25) is 4.90 Å². The SMILES string of the molecule is CCN(CC1CCCN1)C(C)c1cc(F)ccc1F. The molecule has 1 fully saturated rings. The van der Waals surface area contributed by atoms with Crippen LogP contribution < -0.4 is 5.32 Å². The second kappa shape index (κ2) is 6.44. The van der Waals surface area contributed by atoms with Crippen LogP contribution in [0, 0.1) is 11.6 Å². The van der Waals surface area contributed by atoms with Crippen LogP contribution in [0.25, 0.3) is 0 Å². The molecule has 1 aliphatic heterocycles. The Bertz CT molecular complexity index is 417. The number of rotatable bonds is 5. The predicted octanol–water partition coefficient (Wildman–Crippen LogP) is 3.10. The molecule has 0 aromatic heterocycles. The smallest absolute Gasteiger partial charge is 0.128 e. The first kappa shape index (κ1) is 14.4. The van der Waals surface area contributed by atoms with Crippen LogP contribution in [0.15, 0.2) is 18.2 Å². The molecule has 1 heterocycles. The minimum absolute atomic E-state index is 0.108. The third kappa shape index (κ3) is 3.51. The lowest BCUT2D eigenvalue weighted by molar-refractivity contribution is 0.198. The van der Waals surface area contributed by atoms with Gasteiger partial charge in [0, 0.05) is 24.2 Å². The molecule has 4 heteroatoms. The van der Waals surface area contributed by atoms with Crippen molar-refractivity contribution in [2.75, 3.05) is 19.6 Å². The van der Waals surface area contributed by atoms with Gasteiger partial charge in [-0.05, 0) is 51.1 Å². The Balaban J connectivity index is 2.10. The van der Waals surface area contributed by atoms with Gasteiger partial charge in [0.05, 0.1) is 0 Å². The second-order valence-corrected chi connectivity index (χ2v) is 5.22. The van der Waals surface area contributed by atoms with Crippen molar-refractivity contribution in [3.63, 3.8) is 0 Å². The average molecular weight is 268 g/mol. The first-order chi connectivity index (χ1) is 9.11. The van der Waals surface area contributed by atoms with Crippen LogP contribution in [0.1, 0.15) is 38.3 Å². The highest BCUT2D eigenvalue weighted by Crippen LogP contribution is 2.24. The van der Waals surface area contributed by atoms with Crippen molar-refractivity contribution in [3.8, 4) is 0 Å². The molecule has 0 amide bonds. The highest BCUT2D eigenvalue weighted by atomic mass is 19.1. The summed E-state index contributed by atoms with van der Waals surface area (Å²) in [7, 11) is 0. The normalized spacial score (nSPS) is 21.0. The zero-order valence-corrected chi connectivity index (χ0v) is 11.6. The second-order valence-electron chi connectivity index (χ2n) is 5.22. The summed E-state index contributed by atoms with van der Waals surface area (Å²) in [6, 6.07) is 4.05. The Morgan fingerprint density at radius 3 is 2.84 bits per heavy atom. The summed E-state index contributed by atoms with van der Waals surface area (Å²) in [4.78, 5) is 2.20. The monoisotopic (exact) mass is 268 g/mol. The molecule has 1 N–H and O–H groups in total. The molecule has 0 aliphatic carbocycles. The number of benzene rings is 1. The lowest BCUT2D eigenvalue weighted by atomic mass is 10.0. The van der Waals surface area contributed by atoms with Crippen LogP contribution in [0.3, 0.4) is 0 Å². The van der Waals surface area contributed by atoms with Gasteiger partial charge in [-0.2, -0.15) is 0 Å². The van der Waals surface area contributed by atoms with Gasteiger partial charge in [-0.25, -0.2) is 8.78 Å². The van der Waals surface area contributed by atoms with E-state index in [2.05, 4.69) is 17.1 Å². The van der Waals surface area contributed by atoms with Gasteiger partial charge in [0.15, 0.2) is 0 Å². The van der Waals surface area contributed by atoms with Crippen molar-refractivity contribution < 1.29 is 8.78 Å². The topological polar surface area (TPSA) is 15.3 Å². The van der Waals surface area contributed by atoms with Crippen LogP contribution in [0.5, 0.6) is 0 Å². The number of halogens is 2. The minimum atomic E-state index is -0.377. The molecule has 1 aromatic carbocycles. The minimum Gasteiger partial charge on any atom is -0.313 e. The molecule has 0 saturated carbocycles. The van der Waals surface area contributed by atoms with E-state index in [1.54, 1.807) is 0 Å². The van der Waals surface area contributed by atoms with Crippen molar-refractivity contribution in [1.29, 1.82) is 0 Å². The zero-order chi connectivity index (χ0) is 13.8. The predicted molar refractivity (Wildman–Crippen MR) is 73.0 cm³/mol. The molecular formula is C15H22F2N2. The Morgan fingerprint density at radius 2 is 2.21 bits per heavy atom. The molecule has 2 rings (SSSR count). The van der Waals surface area contributed by atoms with E-state index in [4.69, 9.17) is 0 Å². The molecule has 1 saturated heterocycles. The Labute approximate surface area is 113 Å². The van der Waals surface area contributed by atoms with Gasteiger partial charge in [0.2, 0.25) is 0 Å². The fourth-order valence-corrected chi connectivity index (χ4v) is 2.79. The number of likely N-dealkylation sites (N-methyl/N-ethyl adjacent to an activating group) is 1. The lowest BCUT2D eigenvalue weighted by Crippen LogP contribution is -2.39. The maximum atomic E-state index is 13.8. The maximum Gasteiger partial charge on any atom is 0.128 e. The Hall–Kier alpha value is -1.00. The van der Waals surface area contributed by atoms with E-state index in [1.165, 1.54) is 24.6 Å². The van der Waals surface area contributed by atoms with Gasteiger partial charge < -0.3 is 5.32 Å². The molecule has 1 aromatic rings. The number of nitrogens with one attached hydrogen (secondary N) is 1. The number of nitrogens with zero attached hydrogens (tertiary/aromatic N) is 1. The van der Waals surface area contributed by atoms with Crippen LogP contribution in [0.4, 0.5) is 8.78 Å². The molecule has 0 spiro atoms. The van der Waals surface area contributed by atoms with Gasteiger partial charge in [-0.1, -0.05) is 6.92 Å². The van der Waals surface area contributed by atoms with Crippen LogP contribution in [0.2, 0.25) is 0 Å². The quantitative estimate of drug-likeness (QED) is 0.882. The molecule has 19 heavy (non-hydrogen) atoms. The van der Waals surface area contributed by atoms with E-state index in [0.29, 0.717) is 11.6 Å². The van der Waals surface area contributed by atoms with Crippen molar-refractivity contribution >= 4 is 0 Å². The maximum absolute atomic E-state index is 13.8. The highest BCUT2D eigenvalue weighted by Gasteiger charge is 2.23. The van der Waals surface area contributed by atoms with Crippen molar-refractivity contribution in [1.82, 2.24) is 10.2 Å². The van der Waals surface area contributed by atoms with Gasteiger partial charge >= 0.3 is 0 Å². The fraction of sp³-hybridized carbons (Fsp3) is 0.600. The zero-order valence-electron chi connectivity index (χ0n) is 11.6. The summed E-state index contributed by atoms with van der Waals surface area (Å²) in [5, 5.41) is 3.44. The van der Waals surface area contributed by atoms with Gasteiger partial charge in [0.25, 0.3) is 0 Å². The number of hydrogen-bond donors (Lipinski definition) is 1. The third-order valence-corrected chi connectivity index (χ3v) is 3.98. The summed E-state index contributed by atoms with van der Waals surface area (Å²) >= 11 is 0. The van der Waals surface area contributed by atoms with E-state index in [9.17, 15) is 8.78 Å². The summed E-state index contributed by atoms with van der Waals surface area (Å²) in [6.07, 6.45) is 2.36. The van der Waals surface area contributed by atoms with Crippen LogP contribution in [-0.4, -0.2) is 30.6 Å². The molecule has 2 nitrogen and oxygen atoms in total. The largest absolute Gasteiger partial charge is 0.313 e. The Kier molecular flexibility index (Phi) is 4.88. The van der Waals surface area contributed by atoms with E-state index >= 15 is 0 Å². The molecule has 2 unspecified atom stereocenters. The van der Waals surface area contributed by atoms with Crippen molar-refractivity contribution in [2.24, 2.45) is 0 Å². The van der Waals surface area contributed by atoms with E-state index in [-0.39, 0.29) is 17.7 Å². The molecule has 0 radical (unpaired) electrons. The molecule has 1 aliphatic rings. The molecule has 2 atom stereocenters. The van der Waals surface area contributed by atoms with Crippen LogP contribution >= 0.6 is 0 Å². The van der Waals surface area contributed by atoms with Crippen molar-refractivity contribution in [2.45, 2.75) is 38.8 Å². The summed E-state index contributed by atoms with van der Waals surface area (Å²) in [5.74, 6) is -0.704. The van der Waals surface area contributed by atoms with E-state index < -0.39 is 0 Å². The number of hydrogen-bond acceptors (Lipinski definition) is 2. The summed E-state index contributed by atoms with van der Waals surface area (Å²) in [5.41, 5.74) is 0.444. The first-order valence-corrected chi connectivity index (χ1v) is 7.04. The van der Waals surface area contributed by atoms with Crippen molar-refractivity contribution in [3.05, 3.63) is 35.4 Å². The first-order valence-electron chi connectivity index (χ1n) is 7.04. The third-order valence-electron chi connectivity index (χ3n) is 3.98. The summed E-state index contributed by atoms with van der Waals surface area (Å²) in [6.45, 7) is 6.77. The molecule has 0 bridgehead atoms. The van der Waals surface area contributed by atoms with Gasteiger partial charge in [-0.15, -0.1) is 0 Å². The van der Waals surface area contributed by atoms with E-state index in [0.717, 1.165) is 26.1 Å². The standard InChI is InChI=1S/C15H22F2N2/c1-3-19(10-13-5-4-8-18-13)11(2)14-9-12(16)6-7-15(14)17/h6-7,9,11,13,18H,3-5,8,10H2,1-2H3. The summed E-state index contributed by atoms with van der Waals surface area (Å²) < 4.78 is 27.1. The highest BCUT2D eigenvalue weighted by molar-refractivity contribution is 5.22.